The Balaban J connectivity index is 0.000000265. The molecule has 0 bridgehead atoms. The van der Waals surface area contributed by atoms with Gasteiger partial charge in [-0.15, -0.1) is 0 Å². The van der Waals surface area contributed by atoms with E-state index in [0.717, 1.165) is 27.8 Å². The minimum absolute atomic E-state index is 0.000164. The van der Waals surface area contributed by atoms with Gasteiger partial charge in [0.25, 0.3) is 0 Å². The van der Waals surface area contributed by atoms with Gasteiger partial charge in [-0.2, -0.15) is 0 Å². The van der Waals surface area contributed by atoms with Gasteiger partial charge in [-0.25, -0.2) is 54.6 Å². The maximum Gasteiger partial charge on any atom is 0.354 e. The zero-order chi connectivity index (χ0) is 61.5. The third-order valence-corrected chi connectivity index (χ3v) is 10.9. The third-order valence-electron chi connectivity index (χ3n) is 9.96. The second-order valence-corrected chi connectivity index (χ2v) is 20.6. The van der Waals surface area contributed by atoms with Crippen LogP contribution in [0.15, 0.2) is 178 Å². The number of hydrogen-bond donors (Lipinski definition) is 5. The molecule has 0 fully saturated rings. The molecule has 24 heteroatoms. The molecule has 0 unspecified atom stereocenters. The molecule has 0 spiro atoms. The van der Waals surface area contributed by atoms with Gasteiger partial charge < -0.3 is 27.2 Å². The van der Waals surface area contributed by atoms with Crippen molar-refractivity contribution >= 4 is 98.5 Å². The van der Waals surface area contributed by atoms with E-state index in [1.807, 2.05) is 46.8 Å². The molecule has 0 radical (unpaired) electrons. The molecule has 2 amide bonds. The number of halogens is 4. The zero-order valence-corrected chi connectivity index (χ0v) is 49.4. The second-order valence-electron chi connectivity index (χ2n) is 18.8. The monoisotopic (exact) mass is 1200 g/mol. The van der Waals surface area contributed by atoms with Crippen LogP contribution in [0.25, 0.3) is 0 Å². The average Bonchev–Trinajstić information content (AvgIpc) is 3.62. The van der Waals surface area contributed by atoms with Gasteiger partial charge in [-0.05, 0) is 129 Å². The lowest BCUT2D eigenvalue weighted by atomic mass is 9.95. The van der Waals surface area contributed by atoms with Gasteiger partial charge in [0.15, 0.2) is 5.69 Å². The maximum absolute atomic E-state index is 12.6. The van der Waals surface area contributed by atoms with E-state index in [1.54, 1.807) is 106 Å². The molecular weight excluding hydrogens is 1140 g/mol. The standard InChI is InChI=1S/C16H16ClN3O2.C11H8ClN3O.C11H14ClNO.C6H6ClN.C5H4N2O2.2C5H6N2/c1-16(2,3)15(22)20-12-5-4-10(17)8-11(12)14(21)13-6-7-18-9-19-13;12-7-1-2-9(13)8(5-7)11(16)10-3-4-14-6-15-10;1-11(2,3)10(14)13-9-6-4-8(12)5-7-9;7-5-1-3-6(8)4-2-5;8-5(9)4-1-2-6-3-7-4;2*1-5-2-3-6-4-7-5/h4-9H,1-3H3,(H,20,22);1-6H,13H2;4-7H,1-3H3,(H,13,14);1-4H,8H2;1-3H,(H,8,9);2*2-4H,1H3. The number of rotatable bonds is 7. The summed E-state index contributed by atoms with van der Waals surface area (Å²) in [6, 6.07) is 31.7. The van der Waals surface area contributed by atoms with Crippen molar-refractivity contribution in [2.75, 3.05) is 22.1 Å². The first kappa shape index (κ1) is 68.1. The number of carbonyl (C=O) groups excluding carboxylic acids is 4. The summed E-state index contributed by atoms with van der Waals surface area (Å²) in [6.07, 6.45) is 14.7. The number of nitrogens with two attached hydrogens (primary N) is 2. The lowest BCUT2D eigenvalue weighted by Crippen LogP contribution is -2.28. The molecule has 0 saturated carbocycles. The molecule has 5 heterocycles. The summed E-state index contributed by atoms with van der Waals surface area (Å²) in [5.41, 5.74) is 15.7. The highest BCUT2D eigenvalue weighted by Crippen LogP contribution is 2.26. The smallest absolute Gasteiger partial charge is 0.354 e. The molecule has 20 nitrogen and oxygen atoms in total. The Hall–Kier alpha value is -9.21. The molecular formula is C59H60Cl4N14O6. The molecule has 9 rings (SSSR count). The van der Waals surface area contributed by atoms with Crippen molar-refractivity contribution in [3.63, 3.8) is 0 Å². The molecule has 430 valence electrons. The molecule has 7 N–H and O–H groups in total. The van der Waals surface area contributed by atoms with Gasteiger partial charge in [0, 0.05) is 101 Å². The molecule has 5 aromatic heterocycles. The van der Waals surface area contributed by atoms with E-state index in [1.165, 1.54) is 80.6 Å². The van der Waals surface area contributed by atoms with Crippen LogP contribution in [0, 0.1) is 24.7 Å². The Bertz CT molecular complexity index is 3390. The van der Waals surface area contributed by atoms with Crippen LogP contribution in [0.4, 0.5) is 22.7 Å². The summed E-state index contributed by atoms with van der Waals surface area (Å²) < 4.78 is 0. The molecule has 0 saturated heterocycles. The molecule has 9 aromatic rings. The van der Waals surface area contributed by atoms with Gasteiger partial charge in [0.2, 0.25) is 23.4 Å². The first-order chi connectivity index (χ1) is 39.2. The predicted octanol–water partition coefficient (Wildman–Crippen LogP) is 12.3. The van der Waals surface area contributed by atoms with E-state index in [-0.39, 0.29) is 40.2 Å². The molecule has 83 heavy (non-hydrogen) atoms. The summed E-state index contributed by atoms with van der Waals surface area (Å²) in [6.45, 7) is 14.9. The number of ketones is 2. The molecule has 4 aromatic carbocycles. The number of carbonyl (C=O) groups is 5. The number of amides is 2. The van der Waals surface area contributed by atoms with Gasteiger partial charge in [-0.1, -0.05) is 87.9 Å². The topological polar surface area (TPSA) is 311 Å². The first-order valence-electron chi connectivity index (χ1n) is 24.5. The van der Waals surface area contributed by atoms with E-state index in [2.05, 4.69) is 60.5 Å². The summed E-state index contributed by atoms with van der Waals surface area (Å²) in [7, 11) is 0. The normalized spacial score (nSPS) is 10.1. The number of aromatic nitrogens is 10. The number of nitrogens with zero attached hydrogens (tertiary/aromatic N) is 10. The van der Waals surface area contributed by atoms with Crippen LogP contribution in [0.2, 0.25) is 20.1 Å². The Morgan fingerprint density at radius 3 is 1.14 bits per heavy atom. The summed E-state index contributed by atoms with van der Waals surface area (Å²) >= 11 is 23.1. The maximum atomic E-state index is 12.6. The van der Waals surface area contributed by atoms with Crippen LogP contribution in [-0.2, 0) is 9.59 Å². The van der Waals surface area contributed by atoms with E-state index < -0.39 is 11.4 Å². The van der Waals surface area contributed by atoms with Crippen molar-refractivity contribution in [2.45, 2.75) is 55.4 Å². The Morgan fingerprint density at radius 2 is 0.795 bits per heavy atom. The van der Waals surface area contributed by atoms with Crippen LogP contribution < -0.4 is 22.1 Å². The predicted molar refractivity (Wildman–Crippen MR) is 324 cm³/mol. The van der Waals surface area contributed by atoms with Crippen molar-refractivity contribution in [1.82, 2.24) is 49.8 Å². The molecule has 0 atom stereocenters. The fourth-order valence-electron chi connectivity index (χ4n) is 5.42. The summed E-state index contributed by atoms with van der Waals surface area (Å²) in [5, 5.41) is 16.1. The van der Waals surface area contributed by atoms with Crippen LogP contribution in [-0.4, -0.2) is 84.3 Å². The highest BCUT2D eigenvalue weighted by Gasteiger charge is 2.24. The van der Waals surface area contributed by atoms with E-state index >= 15 is 0 Å². The Labute approximate surface area is 500 Å². The molecule has 0 aliphatic carbocycles. The number of aryl methyl sites for hydroxylation is 2. The lowest BCUT2D eigenvalue weighted by Gasteiger charge is -2.19. The highest BCUT2D eigenvalue weighted by atomic mass is 35.5. The molecule has 0 aliphatic heterocycles. The summed E-state index contributed by atoms with van der Waals surface area (Å²) in [5.74, 6) is -1.81. The van der Waals surface area contributed by atoms with Crippen LogP contribution in [0.5, 0.6) is 0 Å². The van der Waals surface area contributed by atoms with Crippen LogP contribution in [0.3, 0.4) is 0 Å². The number of nitrogen functional groups attached to an aromatic ring is 2. The van der Waals surface area contributed by atoms with Crippen molar-refractivity contribution in [1.29, 1.82) is 0 Å². The minimum atomic E-state index is -1.03. The number of carboxylic acid groups (broad SMARTS) is 1. The van der Waals surface area contributed by atoms with E-state index in [0.29, 0.717) is 43.3 Å². The fraction of sp³-hybridized carbons (Fsp3) is 0.169. The average molecular weight is 1200 g/mol. The first-order valence-corrected chi connectivity index (χ1v) is 26.1. The zero-order valence-electron chi connectivity index (χ0n) is 46.4. The third kappa shape index (κ3) is 26.7. The van der Waals surface area contributed by atoms with Gasteiger partial charge >= 0.3 is 5.97 Å². The van der Waals surface area contributed by atoms with Gasteiger partial charge in [-0.3, -0.25) is 19.2 Å². The number of hydrogen-bond acceptors (Lipinski definition) is 17. The number of nitrogens with one attached hydrogen (secondary N) is 2. The SMILES string of the molecule is CC(C)(C)C(=O)Nc1ccc(Cl)cc1.CC(C)(C)C(=O)Nc1ccc(Cl)cc1C(=O)c1ccncn1.Cc1ccncn1.Cc1ccncn1.Nc1ccc(Cl)cc1.Nc1ccc(Cl)cc1C(=O)c1ccncn1.O=C(O)c1ccncn1. The number of aromatic carboxylic acids is 1. The number of anilines is 4. The Morgan fingerprint density at radius 1 is 0.434 bits per heavy atom. The van der Waals surface area contributed by atoms with Crippen molar-refractivity contribution < 1.29 is 29.1 Å². The van der Waals surface area contributed by atoms with E-state index in [9.17, 15) is 24.0 Å². The lowest BCUT2D eigenvalue weighted by molar-refractivity contribution is -0.123. The largest absolute Gasteiger partial charge is 0.477 e. The number of carboxylic acids is 1. The van der Waals surface area contributed by atoms with Crippen LogP contribution >= 0.6 is 46.4 Å². The van der Waals surface area contributed by atoms with Gasteiger partial charge in [0.05, 0.1) is 5.69 Å². The fourth-order valence-corrected chi connectivity index (χ4v) is 6.02. The van der Waals surface area contributed by atoms with Crippen molar-refractivity contribution in [2.24, 2.45) is 10.8 Å². The van der Waals surface area contributed by atoms with Crippen LogP contribution in [0.1, 0.15) is 95.5 Å². The number of benzene rings is 4. The molecule has 0 aliphatic rings. The quantitative estimate of drug-likeness (QED) is 0.0731. The highest BCUT2D eigenvalue weighted by molar-refractivity contribution is 6.32. The summed E-state index contributed by atoms with van der Waals surface area (Å²) in [4.78, 5) is 95.9. The minimum Gasteiger partial charge on any atom is -0.477 e. The van der Waals surface area contributed by atoms with Crippen molar-refractivity contribution in [3.05, 3.63) is 238 Å². The van der Waals surface area contributed by atoms with E-state index in [4.69, 9.17) is 63.0 Å². The van der Waals surface area contributed by atoms with Crippen molar-refractivity contribution in [3.8, 4) is 0 Å². The second kappa shape index (κ2) is 34.8. The Kier molecular flexibility index (Phi) is 28.6. The van der Waals surface area contributed by atoms with Gasteiger partial charge in [0.1, 0.15) is 43.0 Å².